The van der Waals surface area contributed by atoms with E-state index >= 15 is 0 Å². The number of para-hydroxylation sites is 1. The van der Waals surface area contributed by atoms with Crippen LogP contribution in [0.5, 0.6) is 0 Å². The zero-order valence-corrected chi connectivity index (χ0v) is 32.5. The molecule has 13 rings (SSSR count). The standard InChI is InChI=1S/C56H32O2S/c1-2-15-34(16-3-1)51-46-32-45-38-18-10-12-24-47(38)57-55(45)53(56(46)58-54(51)37-27-26-33-14-4-5-17-35(33)30-37)52-42-22-8-6-20-40(42)50(41-21-7-9-23-43(41)52)36-28-29-49-44(31-36)39-19-11-13-25-48(39)59-49/h1-32H. The highest BCUT2D eigenvalue weighted by Crippen LogP contribution is 2.53. The molecule has 0 fully saturated rings. The molecule has 3 heterocycles. The minimum Gasteiger partial charge on any atom is -0.455 e. The minimum atomic E-state index is 0.813. The van der Waals surface area contributed by atoms with E-state index in [9.17, 15) is 0 Å². The highest BCUT2D eigenvalue weighted by molar-refractivity contribution is 7.25. The molecule has 0 N–H and O–H groups in total. The molecule has 59 heavy (non-hydrogen) atoms. The SMILES string of the molecule is c1ccc(-c2c(-c3ccc4ccccc4c3)oc3c(-c4c5ccccc5c(-c5ccc6sc7ccccc7c6c5)c5ccccc45)c4oc5ccccc5c4cc23)cc1. The molecule has 2 nitrogen and oxygen atoms in total. The van der Waals surface area contributed by atoms with Crippen molar-refractivity contribution < 1.29 is 8.83 Å². The molecule has 0 amide bonds. The zero-order valence-electron chi connectivity index (χ0n) is 31.7. The molecule has 0 saturated heterocycles. The fourth-order valence-corrected chi connectivity index (χ4v) is 10.7. The van der Waals surface area contributed by atoms with Crippen LogP contribution in [0.25, 0.3) is 130 Å². The molecule has 3 aromatic heterocycles. The molecule has 0 unspecified atom stereocenters. The van der Waals surface area contributed by atoms with Crippen LogP contribution in [-0.4, -0.2) is 0 Å². The monoisotopic (exact) mass is 768 g/mol. The average Bonchev–Trinajstić information content (AvgIpc) is 3.99. The van der Waals surface area contributed by atoms with E-state index in [4.69, 9.17) is 8.83 Å². The summed E-state index contributed by atoms with van der Waals surface area (Å²) in [7, 11) is 0. The highest BCUT2D eigenvalue weighted by Gasteiger charge is 2.28. The molecular weight excluding hydrogens is 737 g/mol. The molecule has 13 aromatic rings. The summed E-state index contributed by atoms with van der Waals surface area (Å²) >= 11 is 1.86. The molecule has 0 bridgehead atoms. The van der Waals surface area contributed by atoms with E-state index in [2.05, 4.69) is 194 Å². The predicted octanol–water partition coefficient (Wildman–Crippen LogP) is 16.8. The minimum absolute atomic E-state index is 0.813. The van der Waals surface area contributed by atoms with Crippen molar-refractivity contribution in [3.05, 3.63) is 194 Å². The second-order valence-electron chi connectivity index (χ2n) is 15.5. The maximum absolute atomic E-state index is 7.41. The Morgan fingerprint density at radius 3 is 1.66 bits per heavy atom. The van der Waals surface area contributed by atoms with Gasteiger partial charge in [0.05, 0.1) is 5.56 Å². The summed E-state index contributed by atoms with van der Waals surface area (Å²) in [5.74, 6) is 0.844. The van der Waals surface area contributed by atoms with Gasteiger partial charge in [0, 0.05) is 53.0 Å². The fourth-order valence-electron chi connectivity index (χ4n) is 9.65. The number of fused-ring (bicyclic) bond motifs is 10. The number of rotatable bonds is 4. The lowest BCUT2D eigenvalue weighted by molar-refractivity contribution is 0.630. The van der Waals surface area contributed by atoms with Crippen molar-refractivity contribution in [3.63, 3.8) is 0 Å². The first-order valence-electron chi connectivity index (χ1n) is 20.1. The Morgan fingerprint density at radius 2 is 0.881 bits per heavy atom. The topological polar surface area (TPSA) is 26.3 Å². The molecule has 0 atom stereocenters. The third-order valence-electron chi connectivity index (χ3n) is 12.2. The first-order chi connectivity index (χ1) is 29.3. The first kappa shape index (κ1) is 32.6. The summed E-state index contributed by atoms with van der Waals surface area (Å²) in [6.45, 7) is 0. The lowest BCUT2D eigenvalue weighted by Crippen LogP contribution is -1.92. The van der Waals surface area contributed by atoms with E-state index in [1.54, 1.807) is 0 Å². The Kier molecular flexibility index (Phi) is 6.92. The van der Waals surface area contributed by atoms with Crippen molar-refractivity contribution >= 4 is 96.7 Å². The van der Waals surface area contributed by atoms with Gasteiger partial charge in [-0.1, -0.05) is 158 Å². The van der Waals surface area contributed by atoms with Crippen LogP contribution in [0, 0.1) is 0 Å². The number of benzene rings is 10. The van der Waals surface area contributed by atoms with E-state index in [0.29, 0.717) is 0 Å². The normalized spacial score (nSPS) is 12.1. The van der Waals surface area contributed by atoms with Gasteiger partial charge in [0.15, 0.2) is 0 Å². The van der Waals surface area contributed by atoms with Gasteiger partial charge in [-0.3, -0.25) is 0 Å². The Bertz CT molecular complexity index is 3790. The first-order valence-corrected chi connectivity index (χ1v) is 20.9. The van der Waals surface area contributed by atoms with E-state index in [1.165, 1.54) is 52.8 Å². The van der Waals surface area contributed by atoms with Crippen molar-refractivity contribution in [2.24, 2.45) is 0 Å². The largest absolute Gasteiger partial charge is 0.455 e. The smallest absolute Gasteiger partial charge is 0.147 e. The van der Waals surface area contributed by atoms with Gasteiger partial charge in [0.25, 0.3) is 0 Å². The molecule has 0 saturated carbocycles. The molecule has 0 aliphatic heterocycles. The van der Waals surface area contributed by atoms with E-state index in [-0.39, 0.29) is 0 Å². The van der Waals surface area contributed by atoms with Crippen molar-refractivity contribution in [3.8, 4) is 44.7 Å². The third kappa shape index (κ3) is 4.80. The Hall–Kier alpha value is -7.46. The van der Waals surface area contributed by atoms with Crippen LogP contribution in [0.15, 0.2) is 203 Å². The summed E-state index contributed by atoms with van der Waals surface area (Å²) in [5.41, 5.74) is 10.2. The number of thiophene rings is 1. The Balaban J connectivity index is 1.20. The third-order valence-corrected chi connectivity index (χ3v) is 13.4. The molecule has 0 spiro atoms. The Morgan fingerprint density at radius 1 is 0.288 bits per heavy atom. The van der Waals surface area contributed by atoms with Gasteiger partial charge in [-0.25, -0.2) is 0 Å². The summed E-state index contributed by atoms with van der Waals surface area (Å²) in [6.07, 6.45) is 0. The molecular formula is C56H32O2S. The van der Waals surface area contributed by atoms with Crippen molar-refractivity contribution in [2.75, 3.05) is 0 Å². The van der Waals surface area contributed by atoms with Crippen LogP contribution in [-0.2, 0) is 0 Å². The maximum atomic E-state index is 7.41. The summed E-state index contributed by atoms with van der Waals surface area (Å²) < 4.78 is 17.0. The van der Waals surface area contributed by atoms with Gasteiger partial charge in [-0.15, -0.1) is 11.3 Å². The second-order valence-corrected chi connectivity index (χ2v) is 16.6. The maximum Gasteiger partial charge on any atom is 0.147 e. The zero-order chi connectivity index (χ0) is 38.6. The molecule has 3 heteroatoms. The van der Waals surface area contributed by atoms with E-state index in [0.717, 1.165) is 77.3 Å². The molecule has 0 radical (unpaired) electrons. The van der Waals surface area contributed by atoms with Crippen molar-refractivity contribution in [2.45, 2.75) is 0 Å². The molecule has 0 aliphatic carbocycles. The molecule has 10 aromatic carbocycles. The lowest BCUT2D eigenvalue weighted by Gasteiger charge is -2.18. The van der Waals surface area contributed by atoms with Crippen LogP contribution in [0.1, 0.15) is 0 Å². The second kappa shape index (κ2) is 12.5. The van der Waals surface area contributed by atoms with Crippen LogP contribution < -0.4 is 0 Å². The van der Waals surface area contributed by atoms with Crippen LogP contribution >= 0.6 is 11.3 Å². The van der Waals surface area contributed by atoms with Crippen LogP contribution in [0.2, 0.25) is 0 Å². The van der Waals surface area contributed by atoms with Gasteiger partial charge in [-0.2, -0.15) is 0 Å². The Labute approximate surface area is 342 Å². The van der Waals surface area contributed by atoms with Gasteiger partial charge in [0.1, 0.15) is 22.5 Å². The van der Waals surface area contributed by atoms with E-state index in [1.807, 2.05) is 11.3 Å². The summed E-state index contributed by atoms with van der Waals surface area (Å²) in [4.78, 5) is 0. The molecule has 274 valence electrons. The highest BCUT2D eigenvalue weighted by atomic mass is 32.1. The van der Waals surface area contributed by atoms with Crippen LogP contribution in [0.4, 0.5) is 0 Å². The van der Waals surface area contributed by atoms with Gasteiger partial charge in [0.2, 0.25) is 0 Å². The van der Waals surface area contributed by atoms with Crippen LogP contribution in [0.3, 0.4) is 0 Å². The van der Waals surface area contributed by atoms with Gasteiger partial charge >= 0.3 is 0 Å². The number of hydrogen-bond acceptors (Lipinski definition) is 3. The number of hydrogen-bond donors (Lipinski definition) is 0. The van der Waals surface area contributed by atoms with E-state index < -0.39 is 0 Å². The molecule has 0 aliphatic rings. The van der Waals surface area contributed by atoms with Crippen molar-refractivity contribution in [1.82, 2.24) is 0 Å². The summed E-state index contributed by atoms with van der Waals surface area (Å²) in [5, 5.41) is 12.8. The fraction of sp³-hybridized carbons (Fsp3) is 0. The van der Waals surface area contributed by atoms with Gasteiger partial charge in [-0.05, 0) is 85.4 Å². The quantitative estimate of drug-likeness (QED) is 0.167. The van der Waals surface area contributed by atoms with Gasteiger partial charge < -0.3 is 8.83 Å². The van der Waals surface area contributed by atoms with Crippen molar-refractivity contribution in [1.29, 1.82) is 0 Å². The average molecular weight is 769 g/mol. The predicted molar refractivity (Wildman–Crippen MR) is 251 cm³/mol. The summed E-state index contributed by atoms with van der Waals surface area (Å²) in [6, 6.07) is 70.1. The lowest BCUT2D eigenvalue weighted by atomic mass is 9.84. The number of furan rings is 2.